The Bertz CT molecular complexity index is 2260. The Balaban J connectivity index is 1.13. The molecule has 2 aromatic carbocycles. The Morgan fingerprint density at radius 2 is 1.70 bits per heavy atom. The van der Waals surface area contributed by atoms with Gasteiger partial charge >= 0.3 is 6.09 Å². The predicted molar refractivity (Wildman–Crippen MR) is 199 cm³/mol. The van der Waals surface area contributed by atoms with E-state index in [1.165, 1.54) is 16.2 Å². The highest BCUT2D eigenvalue weighted by atomic mass is 32.2. The summed E-state index contributed by atoms with van der Waals surface area (Å²) in [5, 5.41) is 14.8. The zero-order valence-electron chi connectivity index (χ0n) is 29.1. The molecule has 4 heterocycles. The summed E-state index contributed by atoms with van der Waals surface area (Å²) in [6.07, 6.45) is 5.57. The first-order chi connectivity index (χ1) is 26.0. The number of carbonyl (C=O) groups excluding carboxylic acids is 3. The van der Waals surface area contributed by atoms with Gasteiger partial charge in [-0.15, -0.1) is 11.3 Å². The molecule has 4 aromatic rings. The highest BCUT2D eigenvalue weighted by Crippen LogP contribution is 2.46. The van der Waals surface area contributed by atoms with Crippen molar-refractivity contribution in [3.63, 3.8) is 0 Å². The van der Waals surface area contributed by atoms with Crippen LogP contribution in [0.1, 0.15) is 57.8 Å². The van der Waals surface area contributed by atoms with Crippen LogP contribution in [-0.4, -0.2) is 92.7 Å². The van der Waals surface area contributed by atoms with Crippen LogP contribution in [0.25, 0.3) is 32.0 Å². The van der Waals surface area contributed by atoms with Crippen molar-refractivity contribution in [3.05, 3.63) is 60.7 Å². The number of para-hydroxylation sites is 3. The van der Waals surface area contributed by atoms with Crippen LogP contribution >= 0.6 is 11.3 Å². The van der Waals surface area contributed by atoms with Gasteiger partial charge in [0, 0.05) is 12.3 Å². The van der Waals surface area contributed by atoms with Crippen molar-refractivity contribution in [2.45, 2.75) is 86.8 Å². The zero-order valence-corrected chi connectivity index (χ0v) is 30.8. The second-order valence-electron chi connectivity index (χ2n) is 14.3. The molecule has 0 spiro atoms. The number of nitrogens with zero attached hydrogens (tertiary/aromatic N) is 4. The first-order valence-corrected chi connectivity index (χ1v) is 20.5. The summed E-state index contributed by atoms with van der Waals surface area (Å²) in [6.45, 7) is -0.0961. The van der Waals surface area contributed by atoms with Gasteiger partial charge in [-0.05, 0) is 62.8 Å². The van der Waals surface area contributed by atoms with Crippen molar-refractivity contribution in [3.8, 4) is 16.6 Å². The van der Waals surface area contributed by atoms with Crippen LogP contribution < -0.4 is 20.1 Å². The molecule has 17 heteroatoms. The van der Waals surface area contributed by atoms with E-state index in [4.69, 9.17) is 19.7 Å². The third-order valence-electron chi connectivity index (χ3n) is 10.5. The Labute approximate surface area is 314 Å². The highest BCUT2D eigenvalue weighted by Gasteiger charge is 2.62. The number of benzene rings is 2. The molecule has 0 unspecified atom stereocenters. The lowest BCUT2D eigenvalue weighted by Gasteiger charge is -2.29. The second-order valence-corrected chi connectivity index (χ2v) is 17.3. The van der Waals surface area contributed by atoms with Crippen LogP contribution in [0.15, 0.2) is 60.7 Å². The number of fused-ring (bicyclic) bond motifs is 4. The Hall–Kier alpha value is -5.16. The molecule has 15 nitrogen and oxygen atoms in total. The summed E-state index contributed by atoms with van der Waals surface area (Å²) in [5.41, 5.74) is 0.815. The van der Waals surface area contributed by atoms with Gasteiger partial charge in [-0.1, -0.05) is 49.3 Å². The number of amides is 4. The zero-order chi connectivity index (χ0) is 37.6. The summed E-state index contributed by atoms with van der Waals surface area (Å²) in [6, 6.07) is 12.6. The molecule has 5 atom stereocenters. The fourth-order valence-corrected chi connectivity index (χ4v) is 9.64. The summed E-state index contributed by atoms with van der Waals surface area (Å²) >= 11 is 1.42. The first kappa shape index (κ1) is 35.8. The standard InChI is InChI=1S/C37H39N7O8S2/c45-31-28-18-22(52-32-30(38-24-11-6-7-12-25(24)39-32)33-40-26-13-8-9-15-29(26)53-33)20-44(28)34(46)27(41-36(48)49)14-5-3-1-2-4-10-21-19-37(21,42-31)35(47)43-54(50,51)23-16-17-23/h4,6-13,15,21-23,27-28,41H,1-3,5,14,16-20H2,(H,42,45)(H,43,47)(H,48,49)/b10-4-/t21-,22-,27+,28+,37-/m1/s1. The van der Waals surface area contributed by atoms with Crippen LogP contribution in [-0.2, 0) is 24.4 Å². The molecular weight excluding hydrogens is 735 g/mol. The predicted octanol–water partition coefficient (Wildman–Crippen LogP) is 3.89. The fraction of sp³-hybridized carbons (Fsp3) is 0.432. The molecule has 2 aliphatic carbocycles. The number of hydrogen-bond donors (Lipinski definition) is 4. The second kappa shape index (κ2) is 14.2. The van der Waals surface area contributed by atoms with E-state index in [0.717, 1.165) is 16.6 Å². The SMILES string of the molecule is O=C(O)N[C@H]1CCCCC/C=C\[C@@H]2C[C@@]2(C(=O)NS(=O)(=O)C2CC2)NC(=O)[C@@H]2C[C@@H](Oc3nc4ccccc4nc3-c3nc4ccccc4s3)CN2C1=O. The van der Waals surface area contributed by atoms with Crippen LogP contribution in [0.3, 0.4) is 0 Å². The molecule has 2 aromatic heterocycles. The Morgan fingerprint density at radius 1 is 0.963 bits per heavy atom. The smallest absolute Gasteiger partial charge is 0.405 e. The van der Waals surface area contributed by atoms with Crippen LogP contribution in [0.4, 0.5) is 4.79 Å². The number of allylic oxidation sites excluding steroid dienone is 1. The summed E-state index contributed by atoms with van der Waals surface area (Å²) < 4.78 is 35.3. The molecular formula is C37H39N7O8S2. The van der Waals surface area contributed by atoms with Gasteiger partial charge in [0.15, 0.2) is 5.69 Å². The van der Waals surface area contributed by atoms with Crippen molar-refractivity contribution in [1.82, 2.24) is 35.2 Å². The van der Waals surface area contributed by atoms with E-state index >= 15 is 0 Å². The molecule has 54 heavy (non-hydrogen) atoms. The lowest BCUT2D eigenvalue weighted by atomic mass is 10.1. The maximum Gasteiger partial charge on any atom is 0.405 e. The van der Waals surface area contributed by atoms with E-state index in [2.05, 4.69) is 15.4 Å². The molecule has 1 saturated heterocycles. The topological polar surface area (TPSA) is 210 Å². The molecule has 8 rings (SSSR count). The number of carbonyl (C=O) groups is 4. The van der Waals surface area contributed by atoms with Gasteiger partial charge in [0.1, 0.15) is 28.7 Å². The van der Waals surface area contributed by atoms with Gasteiger partial charge in [-0.2, -0.15) is 0 Å². The number of aromatic nitrogens is 3. The van der Waals surface area contributed by atoms with Crippen molar-refractivity contribution in [1.29, 1.82) is 0 Å². The van der Waals surface area contributed by atoms with Gasteiger partial charge in [-0.25, -0.2) is 28.2 Å². The van der Waals surface area contributed by atoms with E-state index in [1.807, 2.05) is 54.6 Å². The van der Waals surface area contributed by atoms with Crippen molar-refractivity contribution < 1.29 is 37.4 Å². The third-order valence-corrected chi connectivity index (χ3v) is 13.3. The van der Waals surface area contributed by atoms with Crippen LogP contribution in [0.2, 0.25) is 0 Å². The van der Waals surface area contributed by atoms with Gasteiger partial charge in [0.25, 0.3) is 5.91 Å². The van der Waals surface area contributed by atoms with E-state index in [0.29, 0.717) is 53.8 Å². The molecule has 4 amide bonds. The monoisotopic (exact) mass is 773 g/mol. The largest absolute Gasteiger partial charge is 0.471 e. The van der Waals surface area contributed by atoms with Gasteiger partial charge in [-0.3, -0.25) is 19.1 Å². The number of hydrogen-bond acceptors (Lipinski definition) is 11. The van der Waals surface area contributed by atoms with E-state index in [-0.39, 0.29) is 31.7 Å². The molecule has 2 saturated carbocycles. The van der Waals surface area contributed by atoms with Gasteiger partial charge in [0.05, 0.1) is 33.0 Å². The highest BCUT2D eigenvalue weighted by molar-refractivity contribution is 7.91. The van der Waals surface area contributed by atoms with Crippen LogP contribution in [0, 0.1) is 5.92 Å². The fourth-order valence-electron chi connectivity index (χ4n) is 7.33. The normalized spacial score (nSPS) is 26.9. The maximum atomic E-state index is 14.3. The van der Waals surface area contributed by atoms with Gasteiger partial charge in [0.2, 0.25) is 27.7 Å². The number of rotatable bonds is 7. The molecule has 0 radical (unpaired) electrons. The number of ether oxygens (including phenoxy) is 1. The summed E-state index contributed by atoms with van der Waals surface area (Å²) in [7, 11) is -3.91. The van der Waals surface area contributed by atoms with Gasteiger partial charge < -0.3 is 25.4 Å². The van der Waals surface area contributed by atoms with Crippen LogP contribution in [0.5, 0.6) is 5.88 Å². The lowest BCUT2D eigenvalue weighted by molar-refractivity contribution is -0.141. The molecule has 4 aliphatic rings. The molecule has 4 N–H and O–H groups in total. The first-order valence-electron chi connectivity index (χ1n) is 18.1. The van der Waals surface area contributed by atoms with E-state index < -0.39 is 68.7 Å². The lowest BCUT2D eigenvalue weighted by Crippen LogP contribution is -2.58. The Kier molecular flexibility index (Phi) is 9.46. The average Bonchev–Trinajstić information content (AvgIpc) is 4.03. The summed E-state index contributed by atoms with van der Waals surface area (Å²) in [4.78, 5) is 69.9. The minimum absolute atomic E-state index is 0.0241. The minimum atomic E-state index is -3.91. The molecule has 0 bridgehead atoms. The van der Waals surface area contributed by atoms with Crippen molar-refractivity contribution >= 4 is 66.4 Å². The molecule has 2 aliphatic heterocycles. The number of thiazole rings is 1. The average molecular weight is 774 g/mol. The molecule has 282 valence electrons. The maximum absolute atomic E-state index is 14.3. The summed E-state index contributed by atoms with van der Waals surface area (Å²) in [5.74, 6) is -2.40. The molecule has 3 fully saturated rings. The minimum Gasteiger partial charge on any atom is -0.471 e. The number of carboxylic acid groups (broad SMARTS) is 1. The van der Waals surface area contributed by atoms with Crippen molar-refractivity contribution in [2.75, 3.05) is 6.54 Å². The van der Waals surface area contributed by atoms with E-state index in [1.54, 1.807) is 6.07 Å². The Morgan fingerprint density at radius 3 is 2.44 bits per heavy atom. The number of sulfonamides is 1. The van der Waals surface area contributed by atoms with E-state index in [9.17, 15) is 32.7 Å². The van der Waals surface area contributed by atoms with Crippen molar-refractivity contribution in [2.24, 2.45) is 5.92 Å². The quantitative estimate of drug-likeness (QED) is 0.198. The third kappa shape index (κ3) is 7.21. The number of nitrogens with one attached hydrogen (secondary N) is 3.